The van der Waals surface area contributed by atoms with Gasteiger partial charge in [-0.1, -0.05) is 17.7 Å². The van der Waals surface area contributed by atoms with Crippen LogP contribution in [0.4, 0.5) is 11.4 Å². The molecule has 1 heterocycles. The summed E-state index contributed by atoms with van der Waals surface area (Å²) < 4.78 is 27.2. The lowest BCUT2D eigenvalue weighted by molar-refractivity contribution is 0.102. The average Bonchev–Trinajstić information content (AvgIpc) is 3.23. The molecule has 0 saturated heterocycles. The number of carbonyl (C=O) groups is 2. The summed E-state index contributed by atoms with van der Waals surface area (Å²) in [6, 6.07) is 13.7. The van der Waals surface area contributed by atoms with Crippen LogP contribution in [0.5, 0.6) is 0 Å². The first-order valence-electron chi connectivity index (χ1n) is 9.24. The summed E-state index contributed by atoms with van der Waals surface area (Å²) in [5.41, 5.74) is 1.06. The van der Waals surface area contributed by atoms with Crippen molar-refractivity contribution in [1.29, 1.82) is 0 Å². The van der Waals surface area contributed by atoms with Gasteiger partial charge in [-0.3, -0.25) is 9.59 Å². The van der Waals surface area contributed by atoms with Crippen LogP contribution in [0.15, 0.2) is 64.9 Å². The highest BCUT2D eigenvalue weighted by atomic mass is 35.5. The van der Waals surface area contributed by atoms with Gasteiger partial charge < -0.3 is 10.6 Å². The predicted molar refractivity (Wildman–Crippen MR) is 124 cm³/mol. The van der Waals surface area contributed by atoms with Gasteiger partial charge in [-0.2, -0.15) is 0 Å². The summed E-state index contributed by atoms with van der Waals surface area (Å²) in [6.45, 7) is 3.40. The lowest BCUT2D eigenvalue weighted by atomic mass is 10.2. The number of carbonyl (C=O) groups excluding carboxylic acids is 2. The molecule has 3 N–H and O–H groups in total. The van der Waals surface area contributed by atoms with Crippen LogP contribution >= 0.6 is 22.9 Å². The van der Waals surface area contributed by atoms with E-state index in [0.717, 1.165) is 0 Å². The number of benzene rings is 2. The Hall–Kier alpha value is -2.72. The number of rotatable bonds is 7. The van der Waals surface area contributed by atoms with Crippen LogP contribution < -0.4 is 15.4 Å². The number of sulfonamides is 1. The van der Waals surface area contributed by atoms with Crippen molar-refractivity contribution in [2.24, 2.45) is 0 Å². The van der Waals surface area contributed by atoms with Gasteiger partial charge in [-0.05, 0) is 67.8 Å². The third-order valence-electron chi connectivity index (χ3n) is 4.03. The van der Waals surface area contributed by atoms with Crippen LogP contribution in [0, 0.1) is 0 Å². The molecular weight excluding hydrogens is 458 g/mol. The van der Waals surface area contributed by atoms with Gasteiger partial charge in [0.15, 0.2) is 0 Å². The third kappa shape index (κ3) is 5.92. The summed E-state index contributed by atoms with van der Waals surface area (Å²) in [6.07, 6.45) is 0. The van der Waals surface area contributed by atoms with Gasteiger partial charge in [0.1, 0.15) is 0 Å². The minimum atomic E-state index is -3.77. The molecule has 3 rings (SSSR count). The topological polar surface area (TPSA) is 104 Å². The monoisotopic (exact) mass is 477 g/mol. The molecule has 3 aromatic rings. The summed E-state index contributed by atoms with van der Waals surface area (Å²) in [5, 5.41) is 7.39. The number of amides is 2. The van der Waals surface area contributed by atoms with Gasteiger partial charge in [0, 0.05) is 17.4 Å². The SMILES string of the molecule is CC(C)NS(=O)(=O)c1ccc(Cl)c(C(=O)Nc2ccc(NC(=O)c3cccs3)cc2)c1. The van der Waals surface area contributed by atoms with Gasteiger partial charge in [0.05, 0.1) is 20.4 Å². The average molecular weight is 478 g/mol. The van der Waals surface area contributed by atoms with Crippen molar-refractivity contribution in [1.82, 2.24) is 4.72 Å². The molecule has 31 heavy (non-hydrogen) atoms. The van der Waals surface area contributed by atoms with Crippen LogP contribution in [0.1, 0.15) is 33.9 Å². The van der Waals surface area contributed by atoms with E-state index in [2.05, 4.69) is 15.4 Å². The Labute approximate surface area is 189 Å². The molecule has 10 heteroatoms. The Bertz CT molecular complexity index is 1190. The van der Waals surface area contributed by atoms with Crippen LogP contribution in [0.3, 0.4) is 0 Å². The number of hydrogen-bond donors (Lipinski definition) is 3. The van der Waals surface area contributed by atoms with Crippen molar-refractivity contribution < 1.29 is 18.0 Å². The lowest BCUT2D eigenvalue weighted by Crippen LogP contribution is -2.30. The molecule has 0 radical (unpaired) electrons. The minimum Gasteiger partial charge on any atom is -0.322 e. The van der Waals surface area contributed by atoms with E-state index in [1.807, 2.05) is 5.38 Å². The molecule has 0 fully saturated rings. The van der Waals surface area contributed by atoms with Crippen molar-refractivity contribution in [3.05, 3.63) is 75.4 Å². The Morgan fingerprint density at radius 2 is 1.55 bits per heavy atom. The third-order valence-corrected chi connectivity index (χ3v) is 6.88. The molecular formula is C21H20ClN3O4S2. The molecule has 2 amide bonds. The summed E-state index contributed by atoms with van der Waals surface area (Å²) in [7, 11) is -3.77. The van der Waals surface area contributed by atoms with E-state index in [9.17, 15) is 18.0 Å². The van der Waals surface area contributed by atoms with Crippen molar-refractivity contribution in [2.45, 2.75) is 24.8 Å². The summed E-state index contributed by atoms with van der Waals surface area (Å²) >= 11 is 7.46. The van der Waals surface area contributed by atoms with E-state index in [-0.39, 0.29) is 27.4 Å². The maximum atomic E-state index is 12.7. The molecule has 0 bridgehead atoms. The number of nitrogens with one attached hydrogen (secondary N) is 3. The first kappa shape index (κ1) is 23.0. The fourth-order valence-corrected chi connectivity index (χ4v) is 4.76. The van der Waals surface area contributed by atoms with Crippen molar-refractivity contribution in [2.75, 3.05) is 10.6 Å². The van der Waals surface area contributed by atoms with Crippen LogP contribution in [0.2, 0.25) is 5.02 Å². The lowest BCUT2D eigenvalue weighted by Gasteiger charge is -2.12. The Kier molecular flexibility index (Phi) is 7.11. The zero-order chi connectivity index (χ0) is 22.6. The summed E-state index contributed by atoms with van der Waals surface area (Å²) in [5.74, 6) is -0.770. The molecule has 0 unspecified atom stereocenters. The Balaban J connectivity index is 1.72. The van der Waals surface area contributed by atoms with Gasteiger partial charge in [0.25, 0.3) is 11.8 Å². The highest BCUT2D eigenvalue weighted by Crippen LogP contribution is 2.23. The second-order valence-corrected chi connectivity index (χ2v) is 9.95. The fourth-order valence-electron chi connectivity index (χ4n) is 2.66. The van der Waals surface area contributed by atoms with Gasteiger partial charge in [0.2, 0.25) is 10.0 Å². The van der Waals surface area contributed by atoms with Crippen molar-refractivity contribution in [3.8, 4) is 0 Å². The Morgan fingerprint density at radius 1 is 0.935 bits per heavy atom. The molecule has 162 valence electrons. The molecule has 1 aromatic heterocycles. The standard InChI is InChI=1S/C21H20ClN3O4S2/c1-13(2)25-31(28,29)16-9-10-18(22)17(12-16)20(26)23-14-5-7-15(8-6-14)24-21(27)19-4-3-11-30-19/h3-13,25H,1-2H3,(H,23,26)(H,24,27). The normalized spacial score (nSPS) is 11.4. The van der Waals surface area contributed by atoms with E-state index in [1.165, 1.54) is 29.5 Å². The van der Waals surface area contributed by atoms with E-state index in [4.69, 9.17) is 11.6 Å². The van der Waals surface area contributed by atoms with E-state index >= 15 is 0 Å². The quantitative estimate of drug-likeness (QED) is 0.462. The van der Waals surface area contributed by atoms with Crippen molar-refractivity contribution >= 4 is 56.2 Å². The molecule has 2 aromatic carbocycles. The smallest absolute Gasteiger partial charge is 0.265 e. The second kappa shape index (κ2) is 9.61. The molecule has 0 spiro atoms. The minimum absolute atomic E-state index is 0.0309. The number of thiophene rings is 1. The first-order chi connectivity index (χ1) is 14.7. The van der Waals surface area contributed by atoms with E-state index < -0.39 is 15.9 Å². The van der Waals surface area contributed by atoms with E-state index in [1.54, 1.807) is 50.2 Å². The number of hydrogen-bond acceptors (Lipinski definition) is 5. The molecule has 0 aliphatic carbocycles. The van der Waals surface area contributed by atoms with E-state index in [0.29, 0.717) is 16.3 Å². The van der Waals surface area contributed by atoms with Gasteiger partial charge in [-0.25, -0.2) is 13.1 Å². The maximum absolute atomic E-state index is 12.7. The maximum Gasteiger partial charge on any atom is 0.265 e. The second-order valence-electron chi connectivity index (χ2n) is 6.88. The molecule has 0 aliphatic heterocycles. The van der Waals surface area contributed by atoms with Crippen LogP contribution in [0.25, 0.3) is 0 Å². The van der Waals surface area contributed by atoms with Crippen molar-refractivity contribution in [3.63, 3.8) is 0 Å². The van der Waals surface area contributed by atoms with Gasteiger partial charge in [-0.15, -0.1) is 11.3 Å². The first-order valence-corrected chi connectivity index (χ1v) is 12.0. The molecule has 0 atom stereocenters. The predicted octanol–water partition coefficient (Wildman–Crippen LogP) is 4.59. The Morgan fingerprint density at radius 3 is 2.10 bits per heavy atom. The highest BCUT2D eigenvalue weighted by molar-refractivity contribution is 7.89. The fraction of sp³-hybridized carbons (Fsp3) is 0.143. The highest BCUT2D eigenvalue weighted by Gasteiger charge is 2.19. The molecule has 7 nitrogen and oxygen atoms in total. The van der Waals surface area contributed by atoms with Crippen LogP contribution in [-0.4, -0.2) is 26.3 Å². The summed E-state index contributed by atoms with van der Waals surface area (Å²) in [4.78, 5) is 25.3. The van der Waals surface area contributed by atoms with Crippen LogP contribution in [-0.2, 0) is 10.0 Å². The number of halogens is 1. The zero-order valence-corrected chi connectivity index (χ0v) is 19.1. The molecule has 0 aliphatic rings. The zero-order valence-electron chi connectivity index (χ0n) is 16.7. The number of anilines is 2. The largest absolute Gasteiger partial charge is 0.322 e. The van der Waals surface area contributed by atoms with Gasteiger partial charge >= 0.3 is 0 Å². The molecule has 0 saturated carbocycles.